The van der Waals surface area contributed by atoms with Crippen LogP contribution in [0, 0.1) is 0 Å². The van der Waals surface area contributed by atoms with Crippen LogP contribution in [0.1, 0.15) is 32.1 Å². The minimum absolute atomic E-state index is 0.301. The molecule has 0 spiro atoms. The predicted molar refractivity (Wildman–Crippen MR) is 78.9 cm³/mol. The van der Waals surface area contributed by atoms with Crippen LogP contribution in [0.5, 0.6) is 0 Å². The van der Waals surface area contributed by atoms with Crippen molar-refractivity contribution in [2.75, 3.05) is 12.4 Å². The molecule has 94 valence electrons. The molecule has 17 heavy (non-hydrogen) atoms. The normalized spacial score (nSPS) is 24.9. The summed E-state index contributed by atoms with van der Waals surface area (Å²) in [6.45, 7) is 0.995. The van der Waals surface area contributed by atoms with E-state index in [1.165, 1.54) is 53.0 Å². The molecule has 1 unspecified atom stereocenters. The average molecular weight is 266 g/mol. The van der Waals surface area contributed by atoms with Crippen molar-refractivity contribution in [3.05, 3.63) is 30.3 Å². The Morgan fingerprint density at radius 1 is 1.24 bits per heavy atom. The van der Waals surface area contributed by atoms with Gasteiger partial charge in [-0.15, -0.1) is 11.8 Å². The molecular formula is C14H22OSSi. The van der Waals surface area contributed by atoms with Gasteiger partial charge in [-0.2, -0.15) is 0 Å². The lowest BCUT2D eigenvalue weighted by molar-refractivity contribution is -0.0227. The van der Waals surface area contributed by atoms with Crippen molar-refractivity contribution in [2.45, 2.75) is 42.2 Å². The van der Waals surface area contributed by atoms with Crippen LogP contribution in [0.4, 0.5) is 0 Å². The van der Waals surface area contributed by atoms with E-state index in [0.29, 0.717) is 5.22 Å². The van der Waals surface area contributed by atoms with E-state index in [9.17, 15) is 0 Å². The topological polar surface area (TPSA) is 9.23 Å². The second-order valence-electron chi connectivity index (χ2n) is 5.02. The Labute approximate surface area is 112 Å². The van der Waals surface area contributed by atoms with E-state index in [2.05, 4.69) is 30.3 Å². The van der Waals surface area contributed by atoms with Gasteiger partial charge in [0.15, 0.2) is 0 Å². The second kappa shape index (κ2) is 6.62. The molecular weight excluding hydrogens is 244 g/mol. The van der Waals surface area contributed by atoms with Crippen LogP contribution >= 0.6 is 11.8 Å². The minimum atomic E-state index is 0.301. The average Bonchev–Trinajstić information content (AvgIpc) is 2.37. The van der Waals surface area contributed by atoms with Gasteiger partial charge in [0.2, 0.25) is 0 Å². The molecule has 0 aromatic heterocycles. The fourth-order valence-electron chi connectivity index (χ4n) is 2.34. The zero-order valence-electron chi connectivity index (χ0n) is 10.7. The van der Waals surface area contributed by atoms with E-state index < -0.39 is 0 Å². The van der Waals surface area contributed by atoms with Crippen molar-refractivity contribution >= 4 is 22.0 Å². The Kier molecular flexibility index (Phi) is 5.13. The van der Waals surface area contributed by atoms with Gasteiger partial charge in [-0.3, -0.25) is 0 Å². The first-order chi connectivity index (χ1) is 8.29. The first-order valence-corrected chi connectivity index (χ1v) is 8.59. The largest absolute Gasteiger partial charge is 0.380 e. The van der Waals surface area contributed by atoms with E-state index >= 15 is 0 Å². The maximum absolute atomic E-state index is 5.97. The molecule has 0 saturated carbocycles. The Morgan fingerprint density at radius 2 is 2.06 bits per heavy atom. The van der Waals surface area contributed by atoms with Crippen molar-refractivity contribution in [3.63, 3.8) is 0 Å². The molecule has 1 aliphatic rings. The lowest BCUT2D eigenvalue weighted by Crippen LogP contribution is -2.36. The van der Waals surface area contributed by atoms with Gasteiger partial charge in [-0.05, 0) is 50.0 Å². The van der Waals surface area contributed by atoms with E-state index in [4.69, 9.17) is 4.74 Å². The van der Waals surface area contributed by atoms with Crippen LogP contribution < -0.4 is 0 Å². The lowest BCUT2D eigenvalue weighted by Gasteiger charge is -2.34. The summed E-state index contributed by atoms with van der Waals surface area (Å²) >= 11 is 1.97. The van der Waals surface area contributed by atoms with E-state index in [-0.39, 0.29) is 0 Å². The fourth-order valence-corrected chi connectivity index (χ4v) is 4.13. The number of hydrogen-bond donors (Lipinski definition) is 0. The standard InChI is InChI=1S/C14H22OSSi/c17-14(9-4-5-11-15-14)10-6-12-16-13-7-2-1-3-8-13/h1-3,7-8H,4-6,9-12H2,17H3. The molecule has 1 fully saturated rings. The minimum Gasteiger partial charge on any atom is -0.380 e. The highest BCUT2D eigenvalue weighted by Gasteiger charge is 2.26. The third kappa shape index (κ3) is 4.49. The van der Waals surface area contributed by atoms with Crippen LogP contribution in [-0.2, 0) is 4.74 Å². The summed E-state index contributed by atoms with van der Waals surface area (Å²) in [6.07, 6.45) is 6.48. The Morgan fingerprint density at radius 3 is 2.76 bits per heavy atom. The van der Waals surface area contributed by atoms with Crippen molar-refractivity contribution in [1.82, 2.24) is 0 Å². The Hall–Kier alpha value is -0.253. The molecule has 1 nitrogen and oxygen atoms in total. The van der Waals surface area contributed by atoms with Crippen molar-refractivity contribution < 1.29 is 4.74 Å². The molecule has 1 heterocycles. The summed E-state index contributed by atoms with van der Waals surface area (Å²) in [5.74, 6) is 1.22. The number of rotatable bonds is 5. The lowest BCUT2D eigenvalue weighted by atomic mass is 10.0. The SMILES string of the molecule is [SiH3]C1(CCCSc2ccccc2)CCCCO1. The molecule has 1 atom stereocenters. The van der Waals surface area contributed by atoms with Crippen LogP contribution in [-0.4, -0.2) is 27.8 Å². The third-order valence-corrected chi connectivity index (χ3v) is 5.80. The number of ether oxygens (including phenoxy) is 1. The highest BCUT2D eigenvalue weighted by Crippen LogP contribution is 2.28. The van der Waals surface area contributed by atoms with Gasteiger partial charge in [0, 0.05) is 27.0 Å². The Balaban J connectivity index is 1.66. The zero-order valence-corrected chi connectivity index (χ0v) is 13.5. The molecule has 0 bridgehead atoms. The molecule has 1 aromatic rings. The molecule has 2 rings (SSSR count). The summed E-state index contributed by atoms with van der Waals surface area (Å²) in [6, 6.07) is 10.7. The van der Waals surface area contributed by atoms with Gasteiger partial charge in [-0.25, -0.2) is 0 Å². The van der Waals surface area contributed by atoms with Gasteiger partial charge in [0.1, 0.15) is 0 Å². The monoisotopic (exact) mass is 266 g/mol. The van der Waals surface area contributed by atoms with Gasteiger partial charge in [0.05, 0.1) is 0 Å². The third-order valence-electron chi connectivity index (χ3n) is 3.41. The summed E-state index contributed by atoms with van der Waals surface area (Å²) in [5.41, 5.74) is 0. The molecule has 0 N–H and O–H groups in total. The van der Waals surface area contributed by atoms with E-state index in [1.54, 1.807) is 0 Å². The molecule has 0 amide bonds. The number of thioether (sulfide) groups is 1. The molecule has 0 radical (unpaired) electrons. The predicted octanol–water partition coefficient (Wildman–Crippen LogP) is 2.82. The highest BCUT2D eigenvalue weighted by molar-refractivity contribution is 7.99. The zero-order chi connectivity index (χ0) is 12.0. The molecule has 3 heteroatoms. The quantitative estimate of drug-likeness (QED) is 0.460. The number of benzene rings is 1. The van der Waals surface area contributed by atoms with Crippen molar-refractivity contribution in [1.29, 1.82) is 0 Å². The van der Waals surface area contributed by atoms with Gasteiger partial charge in [-0.1, -0.05) is 18.2 Å². The van der Waals surface area contributed by atoms with E-state index in [0.717, 1.165) is 6.61 Å². The van der Waals surface area contributed by atoms with Crippen LogP contribution in [0.25, 0.3) is 0 Å². The highest BCUT2D eigenvalue weighted by atomic mass is 32.2. The molecule has 1 saturated heterocycles. The number of hydrogen-bond acceptors (Lipinski definition) is 2. The maximum atomic E-state index is 5.97. The summed E-state index contributed by atoms with van der Waals surface area (Å²) in [7, 11) is 1.19. The molecule has 1 aromatic carbocycles. The summed E-state index contributed by atoms with van der Waals surface area (Å²) < 4.78 is 5.97. The van der Waals surface area contributed by atoms with E-state index in [1.807, 2.05) is 11.8 Å². The smallest absolute Gasteiger partial charge is 0.0486 e. The molecule has 0 aliphatic carbocycles. The van der Waals surface area contributed by atoms with Crippen molar-refractivity contribution in [2.24, 2.45) is 0 Å². The second-order valence-corrected chi connectivity index (χ2v) is 8.01. The molecule has 1 aliphatic heterocycles. The van der Waals surface area contributed by atoms with Crippen LogP contribution in [0.2, 0.25) is 0 Å². The Bertz CT molecular complexity index is 322. The van der Waals surface area contributed by atoms with Crippen LogP contribution in [0.3, 0.4) is 0 Å². The van der Waals surface area contributed by atoms with Gasteiger partial charge in [0.25, 0.3) is 0 Å². The van der Waals surface area contributed by atoms with Crippen LogP contribution in [0.15, 0.2) is 35.2 Å². The first kappa shape index (κ1) is 13.2. The summed E-state index contributed by atoms with van der Waals surface area (Å²) in [5, 5.41) is 0.301. The summed E-state index contributed by atoms with van der Waals surface area (Å²) in [4.78, 5) is 1.39. The van der Waals surface area contributed by atoms with Gasteiger partial charge >= 0.3 is 0 Å². The maximum Gasteiger partial charge on any atom is 0.0486 e. The van der Waals surface area contributed by atoms with Gasteiger partial charge < -0.3 is 4.74 Å². The first-order valence-electron chi connectivity index (χ1n) is 6.60. The fraction of sp³-hybridized carbons (Fsp3) is 0.571. The van der Waals surface area contributed by atoms with Crippen molar-refractivity contribution in [3.8, 4) is 0 Å².